The summed E-state index contributed by atoms with van der Waals surface area (Å²) < 4.78 is 26.8. The lowest BCUT2D eigenvalue weighted by Crippen LogP contribution is -2.14. The van der Waals surface area contributed by atoms with E-state index in [9.17, 15) is 8.78 Å². The number of fused-ring (bicyclic) bond motifs is 1. The summed E-state index contributed by atoms with van der Waals surface area (Å²) in [4.78, 5) is 2.90. The van der Waals surface area contributed by atoms with Gasteiger partial charge in [-0.15, -0.1) is 0 Å². The summed E-state index contributed by atoms with van der Waals surface area (Å²) in [5, 5.41) is 0.643. The third kappa shape index (κ3) is 2.06. The molecule has 0 radical (unpaired) electrons. The molecule has 0 amide bonds. The molecule has 1 N–H and O–H groups in total. The summed E-state index contributed by atoms with van der Waals surface area (Å²) in [5.41, 5.74) is 1.40. The Labute approximate surface area is 99.8 Å². The molecule has 1 aromatic heterocycles. The van der Waals surface area contributed by atoms with Crippen LogP contribution >= 0.6 is 0 Å². The second-order valence-electron chi connectivity index (χ2n) is 5.64. The molecule has 2 rings (SSSR count). The number of H-pyrrole nitrogens is 1. The molecule has 0 saturated heterocycles. The number of rotatable bonds is 1. The standard InChI is InChI=1S/C14H17F2N/c1-8(14(2,3)4)11-7-17-13-10(11)5-9(15)6-12(13)16/h5-8,17H,1-4H3. The number of aromatic amines is 1. The maximum absolute atomic E-state index is 13.5. The van der Waals surface area contributed by atoms with Gasteiger partial charge in [0.05, 0.1) is 5.52 Å². The molecular weight excluding hydrogens is 220 g/mol. The quantitative estimate of drug-likeness (QED) is 0.746. The summed E-state index contributed by atoms with van der Waals surface area (Å²) in [6, 6.07) is 2.30. The Hall–Kier alpha value is -1.38. The molecule has 0 spiro atoms. The molecule has 2 aromatic rings. The van der Waals surface area contributed by atoms with Crippen molar-refractivity contribution in [1.29, 1.82) is 0 Å². The van der Waals surface area contributed by atoms with E-state index in [1.807, 2.05) is 0 Å². The second kappa shape index (κ2) is 3.83. The second-order valence-corrected chi connectivity index (χ2v) is 5.64. The van der Waals surface area contributed by atoms with Crippen LogP contribution in [-0.4, -0.2) is 4.98 Å². The number of aromatic nitrogens is 1. The first-order valence-corrected chi connectivity index (χ1v) is 5.76. The van der Waals surface area contributed by atoms with Crippen molar-refractivity contribution in [1.82, 2.24) is 4.98 Å². The molecule has 92 valence electrons. The zero-order valence-electron chi connectivity index (χ0n) is 10.6. The van der Waals surface area contributed by atoms with Crippen molar-refractivity contribution in [3.8, 4) is 0 Å². The Morgan fingerprint density at radius 2 is 1.82 bits per heavy atom. The predicted molar refractivity (Wildman–Crippen MR) is 66.1 cm³/mol. The molecular formula is C14H17F2N. The van der Waals surface area contributed by atoms with Crippen LogP contribution in [0.2, 0.25) is 0 Å². The average Bonchev–Trinajstić information content (AvgIpc) is 2.58. The Morgan fingerprint density at radius 3 is 2.41 bits per heavy atom. The summed E-state index contributed by atoms with van der Waals surface area (Å²) in [6.07, 6.45) is 1.78. The zero-order chi connectivity index (χ0) is 12.8. The van der Waals surface area contributed by atoms with Gasteiger partial charge < -0.3 is 4.98 Å². The van der Waals surface area contributed by atoms with Crippen molar-refractivity contribution in [2.45, 2.75) is 33.6 Å². The van der Waals surface area contributed by atoms with Crippen molar-refractivity contribution in [2.24, 2.45) is 5.41 Å². The molecule has 1 heterocycles. The molecule has 0 bridgehead atoms. The van der Waals surface area contributed by atoms with Crippen LogP contribution in [0.25, 0.3) is 10.9 Å². The smallest absolute Gasteiger partial charge is 0.150 e. The van der Waals surface area contributed by atoms with Gasteiger partial charge in [0.1, 0.15) is 11.6 Å². The lowest BCUT2D eigenvalue weighted by Gasteiger charge is -2.27. The highest BCUT2D eigenvalue weighted by molar-refractivity contribution is 5.84. The predicted octanol–water partition coefficient (Wildman–Crippen LogP) is 4.60. The highest BCUT2D eigenvalue weighted by Crippen LogP contribution is 2.38. The number of benzene rings is 1. The fourth-order valence-electron chi connectivity index (χ4n) is 2.00. The van der Waals surface area contributed by atoms with Crippen LogP contribution in [0, 0.1) is 17.0 Å². The third-order valence-corrected chi connectivity index (χ3v) is 3.50. The molecule has 0 fully saturated rings. The first-order chi connectivity index (χ1) is 7.80. The molecule has 0 aliphatic rings. The van der Waals surface area contributed by atoms with Gasteiger partial charge >= 0.3 is 0 Å². The van der Waals surface area contributed by atoms with Gasteiger partial charge in [0, 0.05) is 17.6 Å². The summed E-state index contributed by atoms with van der Waals surface area (Å²) in [7, 11) is 0. The van der Waals surface area contributed by atoms with E-state index in [-0.39, 0.29) is 11.3 Å². The molecule has 3 heteroatoms. The minimum absolute atomic E-state index is 0.0535. The van der Waals surface area contributed by atoms with Gasteiger partial charge in [-0.05, 0) is 23.0 Å². The van der Waals surface area contributed by atoms with Crippen LogP contribution in [0.3, 0.4) is 0 Å². The van der Waals surface area contributed by atoms with Crippen LogP contribution in [-0.2, 0) is 0 Å². The van der Waals surface area contributed by atoms with Crippen LogP contribution in [0.5, 0.6) is 0 Å². The Balaban J connectivity index is 2.64. The normalized spacial score (nSPS) is 14.2. The highest BCUT2D eigenvalue weighted by atomic mass is 19.1. The monoisotopic (exact) mass is 237 g/mol. The van der Waals surface area contributed by atoms with Crippen LogP contribution in [0.1, 0.15) is 39.2 Å². The van der Waals surface area contributed by atoms with E-state index >= 15 is 0 Å². The first kappa shape index (κ1) is 12.1. The summed E-state index contributed by atoms with van der Waals surface area (Å²) >= 11 is 0. The zero-order valence-corrected chi connectivity index (χ0v) is 10.6. The van der Waals surface area contributed by atoms with Gasteiger partial charge in [-0.1, -0.05) is 27.7 Å². The van der Waals surface area contributed by atoms with Gasteiger partial charge in [0.2, 0.25) is 0 Å². The molecule has 1 atom stereocenters. The lowest BCUT2D eigenvalue weighted by molar-refractivity contribution is 0.341. The van der Waals surface area contributed by atoms with E-state index in [2.05, 4.69) is 32.7 Å². The van der Waals surface area contributed by atoms with Gasteiger partial charge in [-0.2, -0.15) is 0 Å². The van der Waals surface area contributed by atoms with Crippen molar-refractivity contribution in [3.63, 3.8) is 0 Å². The van der Waals surface area contributed by atoms with Gasteiger partial charge in [0.25, 0.3) is 0 Å². The van der Waals surface area contributed by atoms with E-state index in [1.165, 1.54) is 6.07 Å². The topological polar surface area (TPSA) is 15.8 Å². The van der Waals surface area contributed by atoms with Crippen molar-refractivity contribution in [2.75, 3.05) is 0 Å². The Morgan fingerprint density at radius 1 is 1.18 bits per heavy atom. The van der Waals surface area contributed by atoms with E-state index in [0.29, 0.717) is 10.9 Å². The van der Waals surface area contributed by atoms with Crippen LogP contribution in [0.4, 0.5) is 8.78 Å². The van der Waals surface area contributed by atoms with Gasteiger partial charge in [-0.3, -0.25) is 0 Å². The minimum atomic E-state index is -0.535. The molecule has 0 saturated carbocycles. The van der Waals surface area contributed by atoms with E-state index < -0.39 is 11.6 Å². The van der Waals surface area contributed by atoms with Crippen LogP contribution in [0.15, 0.2) is 18.3 Å². The van der Waals surface area contributed by atoms with Crippen molar-refractivity contribution >= 4 is 10.9 Å². The number of hydrogen-bond donors (Lipinski definition) is 1. The molecule has 0 aliphatic carbocycles. The molecule has 17 heavy (non-hydrogen) atoms. The largest absolute Gasteiger partial charge is 0.359 e. The fraction of sp³-hybridized carbons (Fsp3) is 0.429. The van der Waals surface area contributed by atoms with E-state index in [0.717, 1.165) is 11.6 Å². The average molecular weight is 237 g/mol. The third-order valence-electron chi connectivity index (χ3n) is 3.50. The van der Waals surface area contributed by atoms with Gasteiger partial charge in [0.15, 0.2) is 0 Å². The van der Waals surface area contributed by atoms with Crippen LogP contribution < -0.4 is 0 Å². The summed E-state index contributed by atoms with van der Waals surface area (Å²) in [6.45, 7) is 8.43. The maximum atomic E-state index is 13.5. The van der Waals surface area contributed by atoms with Gasteiger partial charge in [-0.25, -0.2) is 8.78 Å². The van der Waals surface area contributed by atoms with Crippen molar-refractivity contribution in [3.05, 3.63) is 35.5 Å². The highest BCUT2D eigenvalue weighted by Gasteiger charge is 2.24. The fourth-order valence-corrected chi connectivity index (χ4v) is 2.00. The number of hydrogen-bond acceptors (Lipinski definition) is 0. The van der Waals surface area contributed by atoms with Crippen molar-refractivity contribution < 1.29 is 8.78 Å². The first-order valence-electron chi connectivity index (χ1n) is 5.76. The number of nitrogens with one attached hydrogen (secondary N) is 1. The Kier molecular flexibility index (Phi) is 2.72. The minimum Gasteiger partial charge on any atom is -0.359 e. The molecule has 0 aliphatic heterocycles. The molecule has 1 unspecified atom stereocenters. The van der Waals surface area contributed by atoms with E-state index in [4.69, 9.17) is 0 Å². The molecule has 1 nitrogen and oxygen atoms in total. The Bertz CT molecular complexity index is 549. The molecule has 1 aromatic carbocycles. The summed E-state index contributed by atoms with van der Waals surface area (Å²) in [5.74, 6) is -0.846. The van der Waals surface area contributed by atoms with E-state index in [1.54, 1.807) is 6.20 Å². The maximum Gasteiger partial charge on any atom is 0.150 e. The number of halogens is 2. The SMILES string of the molecule is CC(c1c[nH]c2c(F)cc(F)cc12)C(C)(C)C. The lowest BCUT2D eigenvalue weighted by atomic mass is 9.78.